The van der Waals surface area contributed by atoms with Crippen molar-refractivity contribution in [3.05, 3.63) is 16.0 Å². The number of carboxylic acids is 2. The maximum absolute atomic E-state index is 11.5. The molecule has 0 unspecified atom stereocenters. The molecule has 1 amide bonds. The van der Waals surface area contributed by atoms with Crippen LogP contribution in [0.5, 0.6) is 0 Å². The minimum absolute atomic E-state index is 0.0705. The van der Waals surface area contributed by atoms with E-state index in [9.17, 15) is 14.4 Å². The number of carbonyl (C=O) groups is 3. The lowest BCUT2D eigenvalue weighted by Gasteiger charge is -2.03. The maximum atomic E-state index is 11.5. The van der Waals surface area contributed by atoms with Gasteiger partial charge in [0.2, 0.25) is 5.91 Å². The minimum Gasteiger partial charge on any atom is -0.481 e. The Morgan fingerprint density at radius 1 is 1.17 bits per heavy atom. The number of aryl methyl sites for hydroxylation is 1. The van der Waals surface area contributed by atoms with Crippen LogP contribution in [0.15, 0.2) is 0 Å². The van der Waals surface area contributed by atoms with Crippen LogP contribution >= 0.6 is 11.3 Å². The highest BCUT2D eigenvalue weighted by atomic mass is 32.1. The predicted molar refractivity (Wildman–Crippen MR) is 66.3 cm³/mol. The molecule has 0 aliphatic carbocycles. The summed E-state index contributed by atoms with van der Waals surface area (Å²) in [5.74, 6) is -2.67. The molecule has 0 atom stereocenters. The van der Waals surface area contributed by atoms with Crippen molar-refractivity contribution >= 4 is 34.2 Å². The molecule has 0 aliphatic rings. The first-order valence-electron chi connectivity index (χ1n) is 5.17. The Bertz CT molecular complexity index is 506. The van der Waals surface area contributed by atoms with E-state index in [4.69, 9.17) is 10.2 Å². The zero-order valence-corrected chi connectivity index (χ0v) is 10.8. The molecule has 18 heavy (non-hydrogen) atoms. The molecule has 0 bridgehead atoms. The Labute approximate surface area is 107 Å². The summed E-state index contributed by atoms with van der Waals surface area (Å²) in [5, 5.41) is 20.2. The fraction of sp³-hybridized carbons (Fsp3) is 0.364. The van der Waals surface area contributed by atoms with Crippen LogP contribution in [0.4, 0.5) is 5.00 Å². The first kappa shape index (κ1) is 14.2. The first-order chi connectivity index (χ1) is 8.32. The number of aromatic carboxylic acids is 1. The van der Waals surface area contributed by atoms with Crippen LogP contribution in [0.2, 0.25) is 0 Å². The Hall–Kier alpha value is -1.89. The van der Waals surface area contributed by atoms with Gasteiger partial charge in [-0.3, -0.25) is 9.59 Å². The number of amides is 1. The number of carbonyl (C=O) groups excluding carboxylic acids is 1. The summed E-state index contributed by atoms with van der Waals surface area (Å²) in [6.07, 6.45) is -0.456. The van der Waals surface area contributed by atoms with Crippen LogP contribution in [0.25, 0.3) is 0 Å². The second-order valence-corrected chi connectivity index (χ2v) is 4.96. The van der Waals surface area contributed by atoms with Crippen molar-refractivity contribution in [3.63, 3.8) is 0 Å². The molecule has 3 N–H and O–H groups in total. The van der Waals surface area contributed by atoms with Gasteiger partial charge in [0.1, 0.15) is 5.00 Å². The molecular weight excluding hydrogens is 258 g/mol. The normalized spacial score (nSPS) is 10.1. The van der Waals surface area contributed by atoms with Gasteiger partial charge in [-0.1, -0.05) is 0 Å². The zero-order chi connectivity index (χ0) is 13.9. The van der Waals surface area contributed by atoms with E-state index in [2.05, 4.69) is 5.32 Å². The molecule has 0 fully saturated rings. The van der Waals surface area contributed by atoms with E-state index < -0.39 is 17.8 Å². The summed E-state index contributed by atoms with van der Waals surface area (Å²) in [4.78, 5) is 33.6. The van der Waals surface area contributed by atoms with E-state index in [1.54, 1.807) is 13.8 Å². The Kier molecular flexibility index (Phi) is 4.43. The van der Waals surface area contributed by atoms with Gasteiger partial charge in [0.25, 0.3) is 0 Å². The number of thiophene rings is 1. The molecule has 1 rings (SSSR count). The summed E-state index contributed by atoms with van der Waals surface area (Å²) < 4.78 is 0. The molecule has 98 valence electrons. The molecule has 0 saturated heterocycles. The van der Waals surface area contributed by atoms with E-state index in [-0.39, 0.29) is 23.4 Å². The van der Waals surface area contributed by atoms with E-state index in [0.717, 1.165) is 4.88 Å². The van der Waals surface area contributed by atoms with Crippen LogP contribution in [0.1, 0.15) is 33.6 Å². The van der Waals surface area contributed by atoms with Crippen LogP contribution in [0, 0.1) is 13.8 Å². The van der Waals surface area contributed by atoms with E-state index in [1.165, 1.54) is 11.3 Å². The number of anilines is 1. The van der Waals surface area contributed by atoms with E-state index in [1.807, 2.05) is 0 Å². The SMILES string of the molecule is Cc1sc(NC(=O)CCC(=O)O)c(C(=O)O)c1C. The molecule has 1 aromatic heterocycles. The number of hydrogen-bond donors (Lipinski definition) is 3. The van der Waals surface area contributed by atoms with Gasteiger partial charge in [0.15, 0.2) is 0 Å². The highest BCUT2D eigenvalue weighted by Crippen LogP contribution is 2.32. The molecule has 0 saturated carbocycles. The number of nitrogens with one attached hydrogen (secondary N) is 1. The average Bonchev–Trinajstić information content (AvgIpc) is 2.51. The van der Waals surface area contributed by atoms with E-state index >= 15 is 0 Å². The Morgan fingerprint density at radius 2 is 1.78 bits per heavy atom. The lowest BCUT2D eigenvalue weighted by Crippen LogP contribution is -2.14. The van der Waals surface area contributed by atoms with Gasteiger partial charge >= 0.3 is 11.9 Å². The molecule has 0 spiro atoms. The third kappa shape index (κ3) is 3.30. The van der Waals surface area contributed by atoms with Crippen LogP contribution < -0.4 is 5.32 Å². The summed E-state index contributed by atoms with van der Waals surface area (Å²) in [7, 11) is 0. The number of aliphatic carboxylic acids is 1. The molecule has 7 heteroatoms. The van der Waals surface area contributed by atoms with Crippen molar-refractivity contribution in [3.8, 4) is 0 Å². The second kappa shape index (κ2) is 5.63. The quantitative estimate of drug-likeness (QED) is 0.758. The van der Waals surface area contributed by atoms with Gasteiger partial charge in [-0.15, -0.1) is 11.3 Å². The Morgan fingerprint density at radius 3 is 2.28 bits per heavy atom. The largest absolute Gasteiger partial charge is 0.481 e. The topological polar surface area (TPSA) is 104 Å². The molecule has 0 aromatic carbocycles. The molecule has 1 aromatic rings. The summed E-state index contributed by atoms with van der Waals surface area (Å²) in [5.41, 5.74) is 0.683. The molecule has 0 radical (unpaired) electrons. The van der Waals surface area contributed by atoms with Gasteiger partial charge in [-0.2, -0.15) is 0 Å². The fourth-order valence-corrected chi connectivity index (χ4v) is 2.45. The third-order valence-electron chi connectivity index (χ3n) is 2.42. The third-order valence-corrected chi connectivity index (χ3v) is 3.54. The fourth-order valence-electron chi connectivity index (χ4n) is 1.38. The highest BCUT2D eigenvalue weighted by molar-refractivity contribution is 7.16. The standard InChI is InChI=1S/C11H13NO5S/c1-5-6(2)18-10(9(5)11(16)17)12-7(13)3-4-8(14)15/h3-4H2,1-2H3,(H,12,13)(H,14,15)(H,16,17). The van der Waals surface area contributed by atoms with Crippen molar-refractivity contribution in [2.75, 3.05) is 5.32 Å². The van der Waals surface area contributed by atoms with Crippen LogP contribution in [-0.4, -0.2) is 28.1 Å². The van der Waals surface area contributed by atoms with Crippen molar-refractivity contribution in [2.24, 2.45) is 0 Å². The minimum atomic E-state index is -1.11. The molecule has 0 aliphatic heterocycles. The van der Waals surface area contributed by atoms with Crippen molar-refractivity contribution in [1.82, 2.24) is 0 Å². The first-order valence-corrected chi connectivity index (χ1v) is 5.99. The van der Waals surface area contributed by atoms with Crippen LogP contribution in [-0.2, 0) is 9.59 Å². The smallest absolute Gasteiger partial charge is 0.338 e. The van der Waals surface area contributed by atoms with Crippen molar-refractivity contribution in [2.45, 2.75) is 26.7 Å². The monoisotopic (exact) mass is 271 g/mol. The maximum Gasteiger partial charge on any atom is 0.338 e. The lowest BCUT2D eigenvalue weighted by molar-refractivity contribution is -0.138. The zero-order valence-electron chi connectivity index (χ0n) is 9.94. The second-order valence-electron chi connectivity index (χ2n) is 3.73. The highest BCUT2D eigenvalue weighted by Gasteiger charge is 2.20. The summed E-state index contributed by atoms with van der Waals surface area (Å²) in [6.45, 7) is 3.43. The summed E-state index contributed by atoms with van der Waals surface area (Å²) >= 11 is 1.17. The number of rotatable bonds is 5. The van der Waals surface area contributed by atoms with Gasteiger partial charge in [0, 0.05) is 11.3 Å². The lowest BCUT2D eigenvalue weighted by atomic mass is 10.1. The van der Waals surface area contributed by atoms with Crippen LogP contribution in [0.3, 0.4) is 0 Å². The molecule has 1 heterocycles. The van der Waals surface area contributed by atoms with Gasteiger partial charge in [-0.05, 0) is 19.4 Å². The molecule has 6 nitrogen and oxygen atoms in total. The Balaban J connectivity index is 2.84. The van der Waals surface area contributed by atoms with Gasteiger partial charge in [-0.25, -0.2) is 4.79 Å². The van der Waals surface area contributed by atoms with E-state index in [0.29, 0.717) is 5.56 Å². The average molecular weight is 271 g/mol. The summed E-state index contributed by atoms with van der Waals surface area (Å²) in [6, 6.07) is 0. The van der Waals surface area contributed by atoms with Gasteiger partial charge in [0.05, 0.1) is 12.0 Å². The van der Waals surface area contributed by atoms with Crippen molar-refractivity contribution < 1.29 is 24.6 Å². The molecular formula is C11H13NO5S. The predicted octanol–water partition coefficient (Wildman–Crippen LogP) is 1.87. The van der Waals surface area contributed by atoms with Gasteiger partial charge < -0.3 is 15.5 Å². The number of hydrogen-bond acceptors (Lipinski definition) is 4. The van der Waals surface area contributed by atoms with Crippen molar-refractivity contribution in [1.29, 1.82) is 0 Å². The number of carboxylic acid groups (broad SMARTS) is 2.